The van der Waals surface area contributed by atoms with Gasteiger partial charge in [-0.1, -0.05) is 20.8 Å². The van der Waals surface area contributed by atoms with Crippen LogP contribution in [-0.4, -0.2) is 56.6 Å². The van der Waals surface area contributed by atoms with E-state index in [0.717, 1.165) is 25.7 Å². The third-order valence-corrected chi connectivity index (χ3v) is 6.53. The highest BCUT2D eigenvalue weighted by molar-refractivity contribution is 5.93. The second-order valence-corrected chi connectivity index (χ2v) is 9.35. The molecule has 26 heavy (non-hydrogen) atoms. The number of amides is 2. The summed E-state index contributed by atoms with van der Waals surface area (Å²) >= 11 is 0. The van der Waals surface area contributed by atoms with E-state index < -0.39 is 0 Å². The predicted molar refractivity (Wildman–Crippen MR) is 98.4 cm³/mol. The number of nitrogens with zero attached hydrogens (tertiary/aromatic N) is 4. The van der Waals surface area contributed by atoms with Gasteiger partial charge in [0, 0.05) is 44.3 Å². The number of carbonyl (C=O) groups excluding carboxylic acids is 2. The average molecular weight is 358 g/mol. The van der Waals surface area contributed by atoms with Crippen LogP contribution in [0.4, 0.5) is 0 Å². The summed E-state index contributed by atoms with van der Waals surface area (Å²) in [6.07, 6.45) is 5.85. The zero-order valence-corrected chi connectivity index (χ0v) is 16.3. The van der Waals surface area contributed by atoms with Gasteiger partial charge in [0.25, 0.3) is 5.91 Å². The molecule has 3 aliphatic rings. The third-order valence-electron chi connectivity index (χ3n) is 6.53. The van der Waals surface area contributed by atoms with Crippen LogP contribution in [0, 0.1) is 17.3 Å². The van der Waals surface area contributed by atoms with Crippen LogP contribution >= 0.6 is 0 Å². The lowest BCUT2D eigenvalue weighted by molar-refractivity contribution is -0.144. The van der Waals surface area contributed by atoms with Crippen molar-refractivity contribution in [1.29, 1.82) is 0 Å². The van der Waals surface area contributed by atoms with E-state index in [0.29, 0.717) is 30.6 Å². The summed E-state index contributed by atoms with van der Waals surface area (Å²) in [5.74, 6) is 1.07. The molecule has 1 aliphatic carbocycles. The Kier molecular flexibility index (Phi) is 4.12. The topological polar surface area (TPSA) is 58.4 Å². The smallest absolute Gasteiger partial charge is 0.272 e. The number of piperidine rings is 1. The fourth-order valence-corrected chi connectivity index (χ4v) is 5.00. The van der Waals surface area contributed by atoms with Crippen molar-refractivity contribution in [2.24, 2.45) is 24.3 Å². The van der Waals surface area contributed by atoms with E-state index in [2.05, 4.69) is 30.8 Å². The second-order valence-electron chi connectivity index (χ2n) is 9.35. The molecule has 2 bridgehead atoms. The average Bonchev–Trinajstić information content (AvgIpc) is 3.28. The summed E-state index contributed by atoms with van der Waals surface area (Å²) in [7, 11) is 1.80. The van der Waals surface area contributed by atoms with Gasteiger partial charge < -0.3 is 9.80 Å². The largest absolute Gasteiger partial charge is 0.333 e. The zero-order valence-electron chi connectivity index (χ0n) is 16.3. The number of carbonyl (C=O) groups is 2. The lowest BCUT2D eigenvalue weighted by atomic mass is 9.87. The number of fused-ring (bicyclic) bond motifs is 2. The van der Waals surface area contributed by atoms with Crippen LogP contribution < -0.4 is 0 Å². The van der Waals surface area contributed by atoms with E-state index in [9.17, 15) is 9.59 Å². The van der Waals surface area contributed by atoms with Gasteiger partial charge in [-0.2, -0.15) is 5.10 Å². The first-order valence-electron chi connectivity index (χ1n) is 9.87. The molecule has 1 aromatic rings. The zero-order chi connectivity index (χ0) is 18.6. The lowest BCUT2D eigenvalue weighted by Crippen LogP contribution is -2.64. The van der Waals surface area contributed by atoms with Gasteiger partial charge in [0.15, 0.2) is 0 Å². The van der Waals surface area contributed by atoms with Gasteiger partial charge in [0.2, 0.25) is 5.91 Å². The first-order chi connectivity index (χ1) is 12.3. The van der Waals surface area contributed by atoms with Crippen molar-refractivity contribution < 1.29 is 9.59 Å². The van der Waals surface area contributed by atoms with Crippen molar-refractivity contribution in [2.75, 3.05) is 13.1 Å². The molecule has 2 aliphatic heterocycles. The van der Waals surface area contributed by atoms with Crippen LogP contribution in [0.1, 0.15) is 56.9 Å². The minimum absolute atomic E-state index is 0.0352. The highest BCUT2D eigenvalue weighted by Gasteiger charge is 2.53. The summed E-state index contributed by atoms with van der Waals surface area (Å²) in [5.41, 5.74) is 0.824. The molecule has 4 atom stereocenters. The molecular formula is C20H30N4O2. The number of aromatic nitrogens is 2. The Morgan fingerprint density at radius 3 is 2.31 bits per heavy atom. The Bertz CT molecular complexity index is 706. The minimum Gasteiger partial charge on any atom is -0.333 e. The Morgan fingerprint density at radius 1 is 1.15 bits per heavy atom. The number of rotatable bonds is 2. The van der Waals surface area contributed by atoms with Gasteiger partial charge in [-0.3, -0.25) is 14.3 Å². The molecule has 2 unspecified atom stereocenters. The van der Waals surface area contributed by atoms with Crippen molar-refractivity contribution in [2.45, 2.75) is 58.5 Å². The molecule has 2 saturated heterocycles. The van der Waals surface area contributed by atoms with Crippen LogP contribution in [0.15, 0.2) is 12.3 Å². The summed E-state index contributed by atoms with van der Waals surface area (Å²) < 4.78 is 1.63. The van der Waals surface area contributed by atoms with Gasteiger partial charge >= 0.3 is 0 Å². The van der Waals surface area contributed by atoms with Crippen LogP contribution in [-0.2, 0) is 11.8 Å². The van der Waals surface area contributed by atoms with Crippen LogP contribution in [0.3, 0.4) is 0 Å². The summed E-state index contributed by atoms with van der Waals surface area (Å²) in [5, 5.41) is 4.12. The molecule has 1 aromatic heterocycles. The second kappa shape index (κ2) is 6.10. The molecule has 4 rings (SSSR count). The quantitative estimate of drug-likeness (QED) is 0.815. The highest BCUT2D eigenvalue weighted by atomic mass is 16.2. The Labute approximate surface area is 155 Å². The molecule has 6 nitrogen and oxygen atoms in total. The van der Waals surface area contributed by atoms with E-state index in [4.69, 9.17) is 0 Å². The maximum Gasteiger partial charge on any atom is 0.272 e. The Morgan fingerprint density at radius 2 is 1.81 bits per heavy atom. The van der Waals surface area contributed by atoms with Crippen molar-refractivity contribution in [3.05, 3.63) is 18.0 Å². The maximum absolute atomic E-state index is 13.2. The van der Waals surface area contributed by atoms with Crippen molar-refractivity contribution in [3.63, 3.8) is 0 Å². The molecule has 0 N–H and O–H groups in total. The molecule has 0 aromatic carbocycles. The van der Waals surface area contributed by atoms with E-state index in [1.54, 1.807) is 24.0 Å². The molecule has 6 heteroatoms. The number of piperazine rings is 1. The van der Waals surface area contributed by atoms with E-state index in [1.807, 2.05) is 4.90 Å². The molecule has 2 amide bonds. The number of likely N-dealkylation sites (tertiary alicyclic amines) is 1. The molecule has 3 fully saturated rings. The monoisotopic (exact) mass is 358 g/mol. The fourth-order valence-electron chi connectivity index (χ4n) is 5.00. The standard InChI is InChI=1S/C20H30N4O2/c1-20(2,3)16-10-15(16)18(25)24-13-6-5-7-14(24)12-23(11-13)19(26)17-8-9-21-22(17)4/h8-9,13-16H,5-7,10-12H2,1-4H3/t13?,14?,15-,16-/m1/s1. The number of aryl methyl sites for hydroxylation is 1. The minimum atomic E-state index is 0.0352. The van der Waals surface area contributed by atoms with Gasteiger partial charge in [-0.25, -0.2) is 0 Å². The molecule has 0 spiro atoms. The number of hydrogen-bond donors (Lipinski definition) is 0. The predicted octanol–water partition coefficient (Wildman–Crippen LogP) is 2.31. The molecular weight excluding hydrogens is 328 g/mol. The maximum atomic E-state index is 13.2. The molecule has 0 radical (unpaired) electrons. The SMILES string of the molecule is Cn1nccc1C(=O)N1CC2CCCC(C1)N2C(=O)[C@@H]1C[C@H]1C(C)(C)C. The summed E-state index contributed by atoms with van der Waals surface area (Å²) in [6.45, 7) is 8.00. The van der Waals surface area contributed by atoms with Crippen molar-refractivity contribution in [1.82, 2.24) is 19.6 Å². The van der Waals surface area contributed by atoms with E-state index >= 15 is 0 Å². The van der Waals surface area contributed by atoms with Gasteiger partial charge in [-0.05, 0) is 43.1 Å². The Hall–Kier alpha value is -1.85. The summed E-state index contributed by atoms with van der Waals surface area (Å²) in [6, 6.07) is 2.12. The van der Waals surface area contributed by atoms with Gasteiger partial charge in [0.05, 0.1) is 0 Å². The van der Waals surface area contributed by atoms with Crippen LogP contribution in [0.5, 0.6) is 0 Å². The fraction of sp³-hybridized carbons (Fsp3) is 0.750. The third kappa shape index (κ3) is 2.93. The van der Waals surface area contributed by atoms with Crippen molar-refractivity contribution >= 4 is 11.8 Å². The normalized spacial score (nSPS) is 31.1. The molecule has 3 heterocycles. The summed E-state index contributed by atoms with van der Waals surface area (Å²) in [4.78, 5) is 30.2. The van der Waals surface area contributed by atoms with Gasteiger partial charge in [-0.15, -0.1) is 0 Å². The van der Waals surface area contributed by atoms with Crippen LogP contribution in [0.25, 0.3) is 0 Å². The first kappa shape index (κ1) is 17.6. The van der Waals surface area contributed by atoms with E-state index in [-0.39, 0.29) is 29.3 Å². The number of hydrogen-bond acceptors (Lipinski definition) is 3. The van der Waals surface area contributed by atoms with Crippen molar-refractivity contribution in [3.8, 4) is 0 Å². The van der Waals surface area contributed by atoms with E-state index in [1.165, 1.54) is 0 Å². The Balaban J connectivity index is 1.48. The lowest BCUT2D eigenvalue weighted by Gasteiger charge is -2.50. The molecule has 1 saturated carbocycles. The van der Waals surface area contributed by atoms with Crippen LogP contribution in [0.2, 0.25) is 0 Å². The highest BCUT2D eigenvalue weighted by Crippen LogP contribution is 2.52. The van der Waals surface area contributed by atoms with Gasteiger partial charge in [0.1, 0.15) is 5.69 Å². The first-order valence-corrected chi connectivity index (χ1v) is 9.87. The molecule has 142 valence electrons.